The van der Waals surface area contributed by atoms with Crippen LogP contribution in [0.4, 0.5) is 11.6 Å². The third-order valence-electron chi connectivity index (χ3n) is 7.24. The quantitative estimate of drug-likeness (QED) is 0.258. The number of nitrogens with zero attached hydrogens (tertiary/aromatic N) is 2. The van der Waals surface area contributed by atoms with E-state index in [1.807, 2.05) is 36.4 Å². The van der Waals surface area contributed by atoms with Gasteiger partial charge in [0.1, 0.15) is 23.7 Å². The zero-order valence-electron chi connectivity index (χ0n) is 22.7. The Morgan fingerprint density at radius 2 is 1.44 bits per heavy atom. The Labute approximate surface area is 244 Å². The Balaban J connectivity index is 1.07. The van der Waals surface area contributed by atoms with Gasteiger partial charge in [-0.05, 0) is 29.4 Å². The fraction of sp³-hybridized carbons (Fsp3) is 0.258. The van der Waals surface area contributed by atoms with E-state index in [1.165, 1.54) is 5.56 Å². The van der Waals surface area contributed by atoms with Gasteiger partial charge in [0.25, 0.3) is 0 Å². The van der Waals surface area contributed by atoms with Crippen LogP contribution in [-0.2, 0) is 9.47 Å². The first kappa shape index (κ1) is 26.9. The Kier molecular flexibility index (Phi) is 7.95. The molecular formula is C31H31N5O4S. The number of hydrogen-bond donors (Lipinski definition) is 3. The molecule has 0 bridgehead atoms. The topological polar surface area (TPSA) is 98.8 Å². The van der Waals surface area contributed by atoms with E-state index in [0.29, 0.717) is 35.8 Å². The third kappa shape index (κ3) is 6.09. The van der Waals surface area contributed by atoms with Crippen molar-refractivity contribution in [3.8, 4) is 33.9 Å². The van der Waals surface area contributed by atoms with Crippen LogP contribution in [0.3, 0.4) is 0 Å². The fourth-order valence-electron chi connectivity index (χ4n) is 5.18. The predicted octanol–water partition coefficient (Wildman–Crippen LogP) is 4.76. The van der Waals surface area contributed by atoms with E-state index < -0.39 is 0 Å². The Bertz CT molecular complexity index is 1480. The molecule has 0 aliphatic carbocycles. The molecule has 9 nitrogen and oxygen atoms in total. The minimum absolute atomic E-state index is 0.0910. The van der Waals surface area contributed by atoms with Crippen molar-refractivity contribution in [2.75, 3.05) is 38.1 Å². The second kappa shape index (κ2) is 12.1. The van der Waals surface area contributed by atoms with Crippen molar-refractivity contribution >= 4 is 29.0 Å². The fourth-order valence-corrected chi connectivity index (χ4v) is 5.45. The number of benzene rings is 3. The summed E-state index contributed by atoms with van der Waals surface area (Å²) in [7, 11) is 3.22. The van der Waals surface area contributed by atoms with Crippen LogP contribution in [0.1, 0.15) is 0 Å². The second-order valence-electron chi connectivity index (χ2n) is 9.86. The standard InChI is InChI=1S/C31H31N5O4S/c1-37-23-14-22(15-24(16-23)38-2)33-31(41)36-27-18-40-28-26(17-39-29(27)28)35-30-32-13-12-25(34-30)21-10-8-20(9-11-21)19-6-4-3-5-7-19/h3-16,26-29H,17-18H2,1-2H3,(H,32,34,35)(H2,33,36,41). The van der Waals surface area contributed by atoms with Crippen molar-refractivity contribution < 1.29 is 18.9 Å². The number of hydrogen-bond acceptors (Lipinski definition) is 8. The molecule has 4 atom stereocenters. The smallest absolute Gasteiger partial charge is 0.223 e. The summed E-state index contributed by atoms with van der Waals surface area (Å²) < 4.78 is 23.0. The largest absolute Gasteiger partial charge is 0.497 e. The summed E-state index contributed by atoms with van der Waals surface area (Å²) >= 11 is 5.57. The van der Waals surface area contributed by atoms with Gasteiger partial charge < -0.3 is 34.9 Å². The molecule has 0 saturated carbocycles. The summed E-state index contributed by atoms with van der Waals surface area (Å²) in [4.78, 5) is 9.22. The van der Waals surface area contributed by atoms with Gasteiger partial charge in [-0.25, -0.2) is 9.97 Å². The number of fused-ring (bicyclic) bond motifs is 1. The van der Waals surface area contributed by atoms with Gasteiger partial charge in [0.2, 0.25) is 5.95 Å². The van der Waals surface area contributed by atoms with Crippen molar-refractivity contribution in [2.45, 2.75) is 24.3 Å². The van der Waals surface area contributed by atoms with Crippen LogP contribution >= 0.6 is 12.2 Å². The molecule has 6 rings (SSSR count). The molecular weight excluding hydrogens is 538 g/mol. The van der Waals surface area contributed by atoms with Gasteiger partial charge in [0.05, 0.1) is 45.2 Å². The van der Waals surface area contributed by atoms with Gasteiger partial charge in [-0.1, -0.05) is 54.6 Å². The van der Waals surface area contributed by atoms with Crippen molar-refractivity contribution in [1.29, 1.82) is 0 Å². The lowest BCUT2D eigenvalue weighted by atomic mass is 10.0. The lowest BCUT2D eigenvalue weighted by molar-refractivity contribution is 0.0689. The van der Waals surface area contributed by atoms with Crippen molar-refractivity contribution in [3.63, 3.8) is 0 Å². The molecule has 2 aliphatic rings. The Morgan fingerprint density at radius 1 is 0.805 bits per heavy atom. The zero-order valence-corrected chi connectivity index (χ0v) is 23.6. The van der Waals surface area contributed by atoms with Crippen LogP contribution < -0.4 is 25.4 Å². The molecule has 0 amide bonds. The summed E-state index contributed by atoms with van der Waals surface area (Å²) in [6.07, 6.45) is 1.44. The molecule has 41 heavy (non-hydrogen) atoms. The normalized spacial score (nSPS) is 21.1. The Hall–Kier alpha value is -4.25. The first-order valence-electron chi connectivity index (χ1n) is 13.4. The SMILES string of the molecule is COc1cc(NC(=S)NC2COC3C(Nc4nccc(-c5ccc(-c6ccccc6)cc5)n4)COC23)cc(OC)c1. The predicted molar refractivity (Wildman–Crippen MR) is 162 cm³/mol. The highest BCUT2D eigenvalue weighted by atomic mass is 32.1. The van der Waals surface area contributed by atoms with E-state index in [9.17, 15) is 0 Å². The van der Waals surface area contributed by atoms with E-state index in [2.05, 4.69) is 57.3 Å². The molecule has 0 radical (unpaired) electrons. The molecule has 2 saturated heterocycles. The number of aromatic nitrogens is 2. The molecule has 10 heteroatoms. The minimum atomic E-state index is -0.166. The third-order valence-corrected chi connectivity index (χ3v) is 7.46. The summed E-state index contributed by atoms with van der Waals surface area (Å²) in [5.74, 6) is 1.87. The van der Waals surface area contributed by atoms with Crippen LogP contribution in [0.25, 0.3) is 22.4 Å². The molecule has 3 aromatic carbocycles. The summed E-state index contributed by atoms with van der Waals surface area (Å²) in [5.41, 5.74) is 4.96. The molecule has 4 unspecified atom stereocenters. The highest BCUT2D eigenvalue weighted by Crippen LogP contribution is 2.30. The molecule has 3 N–H and O–H groups in total. The number of nitrogens with one attached hydrogen (secondary N) is 3. The van der Waals surface area contributed by atoms with E-state index in [0.717, 1.165) is 22.5 Å². The first-order valence-corrected chi connectivity index (χ1v) is 13.8. The van der Waals surface area contributed by atoms with Crippen molar-refractivity contribution in [2.24, 2.45) is 0 Å². The molecule has 2 fully saturated rings. The van der Waals surface area contributed by atoms with Crippen LogP contribution in [0.2, 0.25) is 0 Å². The highest BCUT2D eigenvalue weighted by Gasteiger charge is 2.48. The molecule has 2 aliphatic heterocycles. The Morgan fingerprint density at radius 3 is 2.15 bits per heavy atom. The zero-order chi connectivity index (χ0) is 28.2. The highest BCUT2D eigenvalue weighted by molar-refractivity contribution is 7.80. The van der Waals surface area contributed by atoms with Crippen LogP contribution in [0.15, 0.2) is 85.1 Å². The number of ether oxygens (including phenoxy) is 4. The van der Waals surface area contributed by atoms with Gasteiger partial charge >= 0.3 is 0 Å². The van der Waals surface area contributed by atoms with E-state index in [-0.39, 0.29) is 24.3 Å². The van der Waals surface area contributed by atoms with Gasteiger partial charge in [-0.15, -0.1) is 0 Å². The van der Waals surface area contributed by atoms with E-state index in [1.54, 1.807) is 26.5 Å². The van der Waals surface area contributed by atoms with E-state index >= 15 is 0 Å². The maximum absolute atomic E-state index is 6.14. The molecule has 3 heterocycles. The summed E-state index contributed by atoms with van der Waals surface area (Å²) in [6.45, 7) is 0.936. The van der Waals surface area contributed by atoms with Gasteiger partial charge in [-0.3, -0.25) is 0 Å². The average molecular weight is 570 g/mol. The van der Waals surface area contributed by atoms with Crippen molar-refractivity contribution in [3.05, 3.63) is 85.1 Å². The number of thiocarbonyl (C=S) groups is 1. The molecule has 4 aromatic rings. The number of rotatable bonds is 8. The van der Waals surface area contributed by atoms with Crippen LogP contribution in [0, 0.1) is 0 Å². The summed E-state index contributed by atoms with van der Waals surface area (Å²) in [5, 5.41) is 10.4. The summed E-state index contributed by atoms with van der Waals surface area (Å²) in [6, 6.07) is 25.9. The van der Waals surface area contributed by atoms with Crippen LogP contribution in [-0.4, -0.2) is 66.8 Å². The molecule has 1 aromatic heterocycles. The lowest BCUT2D eigenvalue weighted by Crippen LogP contribution is -2.46. The minimum Gasteiger partial charge on any atom is -0.497 e. The van der Waals surface area contributed by atoms with E-state index in [4.69, 9.17) is 36.1 Å². The molecule has 210 valence electrons. The van der Waals surface area contributed by atoms with Gasteiger partial charge in [-0.2, -0.15) is 0 Å². The second-order valence-corrected chi connectivity index (χ2v) is 10.3. The first-order chi connectivity index (χ1) is 20.1. The number of methoxy groups -OCH3 is 2. The average Bonchev–Trinajstić information content (AvgIpc) is 3.60. The maximum atomic E-state index is 6.14. The van der Waals surface area contributed by atoms with Gasteiger partial charge in [0.15, 0.2) is 5.11 Å². The lowest BCUT2D eigenvalue weighted by Gasteiger charge is -2.20. The van der Waals surface area contributed by atoms with Gasteiger partial charge in [0, 0.05) is 35.6 Å². The maximum Gasteiger partial charge on any atom is 0.223 e. The van der Waals surface area contributed by atoms with Crippen LogP contribution in [0.5, 0.6) is 11.5 Å². The van der Waals surface area contributed by atoms with Crippen molar-refractivity contribution in [1.82, 2.24) is 15.3 Å². The molecule has 0 spiro atoms. The monoisotopic (exact) mass is 569 g/mol. The number of anilines is 2.